The molecule has 0 saturated heterocycles. The standard InChI is InChI=1S/C22H22Cl2F3N3O2/c1-3-4-5-20(31)29-28-18-10-14(6-7-17(18)24)19-12-21(32-30-19,22(25,26)27)15-8-13(2)9-16(23)11-15/h6-11,28H,3-5,12H2,1-2H3,(H,29,31). The molecule has 1 atom stereocenters. The highest BCUT2D eigenvalue weighted by molar-refractivity contribution is 6.33. The minimum absolute atomic E-state index is 0.0944. The molecular formula is C22H22Cl2F3N3O2. The summed E-state index contributed by atoms with van der Waals surface area (Å²) in [4.78, 5) is 16.9. The van der Waals surface area contributed by atoms with Gasteiger partial charge in [-0.3, -0.25) is 15.6 Å². The van der Waals surface area contributed by atoms with Gasteiger partial charge in [-0.1, -0.05) is 53.8 Å². The van der Waals surface area contributed by atoms with Crippen molar-refractivity contribution < 1.29 is 22.8 Å². The number of halogens is 5. The molecule has 0 radical (unpaired) electrons. The molecule has 2 aromatic rings. The van der Waals surface area contributed by atoms with E-state index in [2.05, 4.69) is 16.0 Å². The van der Waals surface area contributed by atoms with E-state index in [1.54, 1.807) is 19.1 Å². The summed E-state index contributed by atoms with van der Waals surface area (Å²) in [6.45, 7) is 3.62. The SMILES string of the molecule is CCCCC(=O)NNc1cc(C2=NOC(c3cc(C)cc(Cl)c3)(C(F)(F)F)C2)ccc1Cl. The predicted octanol–water partition coefficient (Wildman–Crippen LogP) is 6.52. The fraction of sp³-hybridized carbons (Fsp3) is 0.364. The average molecular weight is 488 g/mol. The fourth-order valence-electron chi connectivity index (χ4n) is 3.37. The topological polar surface area (TPSA) is 62.7 Å². The van der Waals surface area contributed by atoms with Crippen molar-refractivity contribution in [3.8, 4) is 0 Å². The number of hydrazine groups is 1. The third-order valence-electron chi connectivity index (χ3n) is 5.09. The summed E-state index contributed by atoms with van der Waals surface area (Å²) in [6, 6.07) is 8.76. The van der Waals surface area contributed by atoms with Crippen molar-refractivity contribution in [1.82, 2.24) is 5.43 Å². The Balaban J connectivity index is 1.86. The molecule has 0 aromatic heterocycles. The van der Waals surface area contributed by atoms with Crippen LogP contribution in [0.3, 0.4) is 0 Å². The molecule has 1 aliphatic rings. The molecule has 2 N–H and O–H groups in total. The number of oxime groups is 1. The van der Waals surface area contributed by atoms with E-state index in [1.807, 2.05) is 6.92 Å². The molecule has 0 spiro atoms. The molecule has 0 saturated carbocycles. The largest absolute Gasteiger partial charge is 0.435 e. The predicted molar refractivity (Wildman–Crippen MR) is 119 cm³/mol. The molecule has 0 fully saturated rings. The maximum atomic E-state index is 14.2. The van der Waals surface area contributed by atoms with Gasteiger partial charge in [-0.15, -0.1) is 0 Å². The van der Waals surface area contributed by atoms with Crippen molar-refractivity contribution in [3.63, 3.8) is 0 Å². The average Bonchev–Trinajstić information content (AvgIpc) is 3.18. The Bertz CT molecular complexity index is 1020. The Morgan fingerprint density at radius 1 is 1.22 bits per heavy atom. The number of rotatable bonds is 7. The first-order valence-electron chi connectivity index (χ1n) is 10.00. The number of nitrogens with one attached hydrogen (secondary N) is 2. The van der Waals surface area contributed by atoms with Crippen molar-refractivity contribution in [2.24, 2.45) is 5.16 Å². The molecule has 172 valence electrons. The number of benzene rings is 2. The van der Waals surface area contributed by atoms with Gasteiger partial charge in [0, 0.05) is 29.0 Å². The quantitative estimate of drug-likeness (QED) is 0.437. The van der Waals surface area contributed by atoms with Crippen LogP contribution in [-0.4, -0.2) is 17.8 Å². The van der Waals surface area contributed by atoms with Crippen LogP contribution in [0.5, 0.6) is 0 Å². The van der Waals surface area contributed by atoms with Crippen LogP contribution >= 0.6 is 23.2 Å². The molecule has 10 heteroatoms. The lowest BCUT2D eigenvalue weighted by atomic mass is 9.86. The van der Waals surface area contributed by atoms with Crippen LogP contribution < -0.4 is 10.9 Å². The number of amides is 1. The molecule has 1 amide bonds. The molecular weight excluding hydrogens is 466 g/mol. The van der Waals surface area contributed by atoms with Crippen LogP contribution in [0, 0.1) is 6.92 Å². The second kappa shape index (κ2) is 9.58. The van der Waals surface area contributed by atoms with Crippen molar-refractivity contribution in [2.75, 3.05) is 5.43 Å². The molecule has 5 nitrogen and oxygen atoms in total. The maximum Gasteiger partial charge on any atom is 0.435 e. The third-order valence-corrected chi connectivity index (χ3v) is 5.64. The highest BCUT2D eigenvalue weighted by atomic mass is 35.5. The fourth-order valence-corrected chi connectivity index (χ4v) is 3.82. The monoisotopic (exact) mass is 487 g/mol. The number of hydrogen-bond acceptors (Lipinski definition) is 4. The van der Waals surface area contributed by atoms with Gasteiger partial charge in [-0.2, -0.15) is 13.2 Å². The first-order chi connectivity index (χ1) is 15.1. The minimum atomic E-state index is -4.74. The third kappa shape index (κ3) is 5.13. The normalized spacial score (nSPS) is 18.2. The summed E-state index contributed by atoms with van der Waals surface area (Å²) in [7, 11) is 0. The van der Waals surface area contributed by atoms with E-state index >= 15 is 0 Å². The van der Waals surface area contributed by atoms with Gasteiger partial charge >= 0.3 is 6.18 Å². The van der Waals surface area contributed by atoms with Crippen molar-refractivity contribution in [2.45, 2.75) is 51.3 Å². The Hall–Kier alpha value is -2.45. The van der Waals surface area contributed by atoms with Crippen LogP contribution in [-0.2, 0) is 15.2 Å². The lowest BCUT2D eigenvalue weighted by Gasteiger charge is -2.29. The number of hydrogen-bond donors (Lipinski definition) is 2. The number of anilines is 1. The molecule has 3 rings (SSSR count). The highest BCUT2D eigenvalue weighted by Crippen LogP contribution is 2.49. The number of alkyl halides is 3. The Morgan fingerprint density at radius 2 is 1.97 bits per heavy atom. The summed E-state index contributed by atoms with van der Waals surface area (Å²) in [5.74, 6) is -0.220. The van der Waals surface area contributed by atoms with Crippen molar-refractivity contribution in [3.05, 3.63) is 63.1 Å². The molecule has 0 bridgehead atoms. The lowest BCUT2D eigenvalue weighted by molar-refractivity contribution is -0.275. The van der Waals surface area contributed by atoms with Crippen LogP contribution in [0.2, 0.25) is 10.0 Å². The van der Waals surface area contributed by atoms with Crippen molar-refractivity contribution >= 4 is 40.5 Å². The zero-order valence-electron chi connectivity index (χ0n) is 17.4. The van der Waals surface area contributed by atoms with Gasteiger partial charge in [-0.05, 0) is 43.2 Å². The number of nitrogens with zero attached hydrogens (tertiary/aromatic N) is 1. The summed E-state index contributed by atoms with van der Waals surface area (Å²) in [6.07, 6.45) is -3.33. The van der Waals surface area contributed by atoms with E-state index in [4.69, 9.17) is 28.0 Å². The van der Waals surface area contributed by atoms with E-state index in [1.165, 1.54) is 24.3 Å². The zero-order valence-corrected chi connectivity index (χ0v) is 19.0. The van der Waals surface area contributed by atoms with E-state index in [-0.39, 0.29) is 27.2 Å². The highest BCUT2D eigenvalue weighted by Gasteiger charge is 2.62. The van der Waals surface area contributed by atoms with Gasteiger partial charge in [0.05, 0.1) is 16.4 Å². The van der Waals surface area contributed by atoms with Gasteiger partial charge in [0.25, 0.3) is 5.60 Å². The van der Waals surface area contributed by atoms with Crippen LogP contribution in [0.15, 0.2) is 41.6 Å². The first-order valence-corrected chi connectivity index (χ1v) is 10.8. The second-order valence-electron chi connectivity index (χ2n) is 7.62. The molecule has 2 aromatic carbocycles. The Labute approximate surface area is 193 Å². The number of unbranched alkanes of at least 4 members (excludes halogenated alkanes) is 1. The Morgan fingerprint density at radius 3 is 2.62 bits per heavy atom. The van der Waals surface area contributed by atoms with Crippen molar-refractivity contribution in [1.29, 1.82) is 0 Å². The zero-order chi connectivity index (χ0) is 23.5. The van der Waals surface area contributed by atoms with Gasteiger partial charge in [-0.25, -0.2) is 0 Å². The lowest BCUT2D eigenvalue weighted by Crippen LogP contribution is -2.42. The molecule has 1 unspecified atom stereocenters. The van der Waals surface area contributed by atoms with Crippen LogP contribution in [0.1, 0.15) is 49.3 Å². The van der Waals surface area contributed by atoms with E-state index in [9.17, 15) is 18.0 Å². The summed E-state index contributed by atoms with van der Waals surface area (Å²) >= 11 is 12.2. The van der Waals surface area contributed by atoms with Crippen LogP contribution in [0.25, 0.3) is 0 Å². The van der Waals surface area contributed by atoms with Gasteiger partial charge in [0.2, 0.25) is 5.91 Å². The number of aryl methyl sites for hydroxylation is 1. The smallest absolute Gasteiger partial charge is 0.374 e. The van der Waals surface area contributed by atoms with E-state index < -0.39 is 18.2 Å². The van der Waals surface area contributed by atoms with E-state index in [0.717, 1.165) is 12.8 Å². The second-order valence-corrected chi connectivity index (χ2v) is 8.46. The minimum Gasteiger partial charge on any atom is -0.374 e. The Kier molecular flexibility index (Phi) is 7.25. The van der Waals surface area contributed by atoms with Gasteiger partial charge in [0.15, 0.2) is 0 Å². The molecule has 0 aliphatic carbocycles. The van der Waals surface area contributed by atoms with Gasteiger partial charge < -0.3 is 4.84 Å². The molecule has 32 heavy (non-hydrogen) atoms. The summed E-state index contributed by atoms with van der Waals surface area (Å²) in [5.41, 5.74) is 3.85. The molecule has 1 aliphatic heterocycles. The number of carbonyl (C=O) groups is 1. The summed E-state index contributed by atoms with van der Waals surface area (Å²) < 4.78 is 42.6. The molecule has 1 heterocycles. The van der Waals surface area contributed by atoms with Crippen LogP contribution in [0.4, 0.5) is 18.9 Å². The first kappa shape index (κ1) is 24.2. The van der Waals surface area contributed by atoms with E-state index in [0.29, 0.717) is 23.2 Å². The number of carbonyl (C=O) groups excluding carboxylic acids is 1. The summed E-state index contributed by atoms with van der Waals surface area (Å²) in [5, 5.41) is 4.23. The van der Waals surface area contributed by atoms with Gasteiger partial charge in [0.1, 0.15) is 0 Å². The maximum absolute atomic E-state index is 14.2.